The molecule has 0 saturated heterocycles. The van der Waals surface area contributed by atoms with Gasteiger partial charge in [0.1, 0.15) is 5.75 Å². The zero-order chi connectivity index (χ0) is 21.7. The molecule has 30 heavy (non-hydrogen) atoms. The van der Waals surface area contributed by atoms with Crippen LogP contribution in [0.2, 0.25) is 0 Å². The van der Waals surface area contributed by atoms with Crippen LogP contribution in [0.3, 0.4) is 0 Å². The minimum Gasteiger partial charge on any atom is -0.497 e. The van der Waals surface area contributed by atoms with Gasteiger partial charge in [0.15, 0.2) is 17.3 Å². The molecule has 1 aromatic heterocycles. The molecule has 1 unspecified atom stereocenters. The Balaban J connectivity index is 1.78. The molecule has 0 fully saturated rings. The van der Waals surface area contributed by atoms with Gasteiger partial charge in [-0.3, -0.25) is 4.79 Å². The largest absolute Gasteiger partial charge is 0.497 e. The molecule has 0 radical (unpaired) electrons. The van der Waals surface area contributed by atoms with E-state index in [9.17, 15) is 4.79 Å². The summed E-state index contributed by atoms with van der Waals surface area (Å²) in [5.74, 6) is 2.34. The summed E-state index contributed by atoms with van der Waals surface area (Å²) in [6.45, 7) is 1.79. The van der Waals surface area contributed by atoms with Crippen molar-refractivity contribution >= 4 is 17.5 Å². The number of hydrogen-bond acceptors (Lipinski definition) is 9. The molecule has 9 heteroatoms. The van der Waals surface area contributed by atoms with Gasteiger partial charge in [-0.1, -0.05) is 11.8 Å². The van der Waals surface area contributed by atoms with E-state index in [2.05, 4.69) is 10.2 Å². The number of rotatable bonds is 9. The normalized spacial score (nSPS) is 11.6. The maximum absolute atomic E-state index is 12.7. The summed E-state index contributed by atoms with van der Waals surface area (Å²) < 4.78 is 26.9. The number of ketones is 1. The van der Waals surface area contributed by atoms with E-state index in [1.54, 1.807) is 50.4 Å². The molecule has 2 aromatic carbocycles. The molecule has 3 rings (SSSR count). The number of carbonyl (C=O) groups excluding carboxylic acids is 1. The highest BCUT2D eigenvalue weighted by atomic mass is 32.2. The topological polar surface area (TPSA) is 92.9 Å². The lowest BCUT2D eigenvalue weighted by molar-refractivity contribution is 0.0993. The standard InChI is InChI=1S/C21H22N2O6S/c1-12(18(24)13-6-8-15(25-2)9-7-13)30-21-23-22-20(29-21)14-10-16(26-3)19(28-5)17(11-14)27-4/h6-12H,1-5H3. The van der Waals surface area contributed by atoms with Crippen LogP contribution in [-0.2, 0) is 0 Å². The van der Waals surface area contributed by atoms with Crippen molar-refractivity contribution in [3.63, 3.8) is 0 Å². The van der Waals surface area contributed by atoms with Crippen LogP contribution in [0.25, 0.3) is 11.5 Å². The number of methoxy groups -OCH3 is 4. The number of thioether (sulfide) groups is 1. The molecular formula is C21H22N2O6S. The number of hydrogen-bond donors (Lipinski definition) is 0. The molecule has 0 N–H and O–H groups in total. The molecular weight excluding hydrogens is 408 g/mol. The summed E-state index contributed by atoms with van der Waals surface area (Å²) >= 11 is 1.19. The average Bonchev–Trinajstić information content (AvgIpc) is 3.25. The Bertz CT molecular complexity index is 994. The fraction of sp³-hybridized carbons (Fsp3) is 0.286. The summed E-state index contributed by atoms with van der Waals surface area (Å²) in [6, 6.07) is 10.4. The van der Waals surface area contributed by atoms with E-state index in [0.29, 0.717) is 34.1 Å². The molecule has 0 aliphatic heterocycles. The Morgan fingerprint density at radius 1 is 0.933 bits per heavy atom. The number of ether oxygens (including phenoxy) is 4. The van der Waals surface area contributed by atoms with Gasteiger partial charge in [0.05, 0.1) is 33.7 Å². The Morgan fingerprint density at radius 3 is 2.10 bits per heavy atom. The fourth-order valence-electron chi connectivity index (χ4n) is 2.77. The first-order valence-electron chi connectivity index (χ1n) is 8.99. The van der Waals surface area contributed by atoms with Crippen molar-refractivity contribution in [3.05, 3.63) is 42.0 Å². The van der Waals surface area contributed by atoms with Crippen LogP contribution < -0.4 is 18.9 Å². The summed E-state index contributed by atoms with van der Waals surface area (Å²) in [4.78, 5) is 12.7. The van der Waals surface area contributed by atoms with Crippen molar-refractivity contribution in [2.24, 2.45) is 0 Å². The minimum atomic E-state index is -0.411. The second-order valence-electron chi connectivity index (χ2n) is 6.14. The molecule has 8 nitrogen and oxygen atoms in total. The number of carbonyl (C=O) groups is 1. The van der Waals surface area contributed by atoms with E-state index >= 15 is 0 Å². The molecule has 1 atom stereocenters. The molecule has 0 aliphatic rings. The molecule has 158 valence electrons. The van der Waals surface area contributed by atoms with Crippen LogP contribution in [0.15, 0.2) is 46.0 Å². The quantitative estimate of drug-likeness (QED) is 0.367. The Hall–Kier alpha value is -3.20. The van der Waals surface area contributed by atoms with E-state index in [-0.39, 0.29) is 16.9 Å². The van der Waals surface area contributed by atoms with Crippen molar-refractivity contribution in [2.75, 3.05) is 28.4 Å². The van der Waals surface area contributed by atoms with Gasteiger partial charge in [0.25, 0.3) is 5.22 Å². The van der Waals surface area contributed by atoms with E-state index in [0.717, 1.165) is 0 Å². The predicted octanol–water partition coefficient (Wildman–Crippen LogP) is 4.13. The van der Waals surface area contributed by atoms with Gasteiger partial charge < -0.3 is 23.4 Å². The van der Waals surface area contributed by atoms with Gasteiger partial charge in [0.2, 0.25) is 11.6 Å². The summed E-state index contributed by atoms with van der Waals surface area (Å²) in [5, 5.41) is 8.01. The summed E-state index contributed by atoms with van der Waals surface area (Å²) in [7, 11) is 6.17. The molecule has 0 aliphatic carbocycles. The fourth-order valence-corrected chi connectivity index (χ4v) is 3.53. The number of benzene rings is 2. The monoisotopic (exact) mass is 430 g/mol. The molecule has 0 amide bonds. The zero-order valence-electron chi connectivity index (χ0n) is 17.3. The Kier molecular flexibility index (Phi) is 6.83. The third kappa shape index (κ3) is 4.51. The maximum Gasteiger partial charge on any atom is 0.277 e. The molecule has 0 spiro atoms. The summed E-state index contributed by atoms with van der Waals surface area (Å²) in [5.41, 5.74) is 1.19. The first-order valence-corrected chi connectivity index (χ1v) is 9.87. The maximum atomic E-state index is 12.7. The van der Waals surface area contributed by atoms with Crippen LogP contribution in [0.5, 0.6) is 23.0 Å². The van der Waals surface area contributed by atoms with Crippen molar-refractivity contribution < 1.29 is 28.2 Å². The lowest BCUT2D eigenvalue weighted by Crippen LogP contribution is -2.13. The van der Waals surface area contributed by atoms with E-state index < -0.39 is 5.25 Å². The smallest absolute Gasteiger partial charge is 0.277 e. The second-order valence-corrected chi connectivity index (χ2v) is 7.43. The van der Waals surface area contributed by atoms with Gasteiger partial charge in [-0.25, -0.2) is 0 Å². The van der Waals surface area contributed by atoms with Gasteiger partial charge >= 0.3 is 0 Å². The predicted molar refractivity (Wildman–Crippen MR) is 112 cm³/mol. The minimum absolute atomic E-state index is 0.0461. The third-order valence-corrected chi connectivity index (χ3v) is 5.27. The first-order chi connectivity index (χ1) is 14.5. The Morgan fingerprint density at radius 2 is 1.57 bits per heavy atom. The number of aromatic nitrogens is 2. The van der Waals surface area contributed by atoms with Crippen LogP contribution >= 0.6 is 11.8 Å². The van der Waals surface area contributed by atoms with Gasteiger partial charge in [-0.15, -0.1) is 10.2 Å². The molecule has 3 aromatic rings. The highest BCUT2D eigenvalue weighted by Crippen LogP contribution is 2.41. The molecule has 0 saturated carbocycles. The second kappa shape index (κ2) is 9.53. The molecule has 0 bridgehead atoms. The first kappa shape index (κ1) is 21.5. The van der Waals surface area contributed by atoms with Gasteiger partial charge in [-0.05, 0) is 43.3 Å². The van der Waals surface area contributed by atoms with Crippen LogP contribution in [0, 0.1) is 0 Å². The zero-order valence-corrected chi connectivity index (χ0v) is 18.1. The van der Waals surface area contributed by atoms with Gasteiger partial charge in [-0.2, -0.15) is 0 Å². The van der Waals surface area contributed by atoms with E-state index in [1.165, 1.54) is 33.1 Å². The lowest BCUT2D eigenvalue weighted by atomic mass is 10.1. The highest BCUT2D eigenvalue weighted by Gasteiger charge is 2.22. The number of Topliss-reactive ketones (excluding diaryl/α,β-unsaturated/α-hetero) is 1. The van der Waals surface area contributed by atoms with Crippen LogP contribution in [-0.4, -0.2) is 49.7 Å². The number of nitrogens with zero attached hydrogens (tertiary/aromatic N) is 2. The summed E-state index contributed by atoms with van der Waals surface area (Å²) in [6.07, 6.45) is 0. The van der Waals surface area contributed by atoms with E-state index in [4.69, 9.17) is 23.4 Å². The third-order valence-electron chi connectivity index (χ3n) is 4.34. The van der Waals surface area contributed by atoms with Crippen molar-refractivity contribution in [1.82, 2.24) is 10.2 Å². The lowest BCUT2D eigenvalue weighted by Gasteiger charge is -2.12. The Labute approximate surface area is 178 Å². The van der Waals surface area contributed by atoms with Crippen molar-refractivity contribution in [1.29, 1.82) is 0 Å². The van der Waals surface area contributed by atoms with E-state index in [1.807, 2.05) is 0 Å². The van der Waals surface area contributed by atoms with Gasteiger partial charge in [0, 0.05) is 11.1 Å². The average molecular weight is 430 g/mol. The SMILES string of the molecule is COc1ccc(C(=O)C(C)Sc2nnc(-c3cc(OC)c(OC)c(OC)c3)o2)cc1. The molecule has 1 heterocycles. The van der Waals surface area contributed by atoms with Crippen molar-refractivity contribution in [2.45, 2.75) is 17.4 Å². The van der Waals surface area contributed by atoms with Crippen molar-refractivity contribution in [3.8, 4) is 34.5 Å². The van der Waals surface area contributed by atoms with Crippen LogP contribution in [0.1, 0.15) is 17.3 Å². The van der Waals surface area contributed by atoms with Crippen LogP contribution in [0.4, 0.5) is 0 Å². The highest BCUT2D eigenvalue weighted by molar-refractivity contribution is 8.00.